The van der Waals surface area contributed by atoms with E-state index in [1.54, 1.807) is 12.1 Å². The number of carbonyl (C=O) groups excluding carboxylic acids is 1. The van der Waals surface area contributed by atoms with E-state index in [0.29, 0.717) is 16.3 Å². The zero-order chi connectivity index (χ0) is 14.5. The van der Waals surface area contributed by atoms with Gasteiger partial charge in [-0.05, 0) is 36.8 Å². The molecule has 0 saturated heterocycles. The summed E-state index contributed by atoms with van der Waals surface area (Å²) >= 11 is 7.15. The van der Waals surface area contributed by atoms with Crippen LogP contribution in [0.4, 0.5) is 4.39 Å². The van der Waals surface area contributed by atoms with E-state index in [4.69, 9.17) is 11.6 Å². The van der Waals surface area contributed by atoms with Gasteiger partial charge in [-0.2, -0.15) is 0 Å². The van der Waals surface area contributed by atoms with Gasteiger partial charge in [-0.1, -0.05) is 35.4 Å². The first-order valence-corrected chi connectivity index (χ1v) is 7.56. The molecule has 0 heterocycles. The fraction of sp³-hybridized carbons (Fsp3) is 0.188. The van der Waals surface area contributed by atoms with Gasteiger partial charge in [-0.15, -0.1) is 11.8 Å². The number of benzene rings is 2. The van der Waals surface area contributed by atoms with Gasteiger partial charge < -0.3 is 0 Å². The summed E-state index contributed by atoms with van der Waals surface area (Å²) in [6.07, 6.45) is 0.0990. The number of thioether (sulfide) groups is 1. The molecular weight excluding hydrogens is 295 g/mol. The Balaban J connectivity index is 1.92. The summed E-state index contributed by atoms with van der Waals surface area (Å²) in [4.78, 5) is 12.9. The minimum Gasteiger partial charge on any atom is -0.298 e. The minimum absolute atomic E-state index is 0.00210. The van der Waals surface area contributed by atoms with Crippen molar-refractivity contribution in [2.45, 2.75) is 18.2 Å². The molecule has 2 aromatic carbocycles. The zero-order valence-corrected chi connectivity index (χ0v) is 12.6. The molecule has 2 aromatic rings. The normalized spacial score (nSPS) is 10.6. The van der Waals surface area contributed by atoms with Crippen LogP contribution in [0.15, 0.2) is 47.4 Å². The highest BCUT2D eigenvalue weighted by Crippen LogP contribution is 2.20. The number of rotatable bonds is 5. The second-order valence-corrected chi connectivity index (χ2v) is 6.04. The van der Waals surface area contributed by atoms with Gasteiger partial charge in [-0.3, -0.25) is 4.79 Å². The molecule has 0 amide bonds. The number of hydrogen-bond donors (Lipinski definition) is 0. The number of ketones is 1. The van der Waals surface area contributed by atoms with Gasteiger partial charge in [0.1, 0.15) is 11.6 Å². The Morgan fingerprint density at radius 1 is 1.25 bits per heavy atom. The van der Waals surface area contributed by atoms with Gasteiger partial charge in [0.2, 0.25) is 0 Å². The molecule has 0 spiro atoms. The van der Waals surface area contributed by atoms with Crippen molar-refractivity contribution in [3.63, 3.8) is 0 Å². The van der Waals surface area contributed by atoms with E-state index in [-0.39, 0.29) is 12.2 Å². The fourth-order valence-electron chi connectivity index (χ4n) is 1.80. The van der Waals surface area contributed by atoms with Crippen LogP contribution in [0.2, 0.25) is 5.02 Å². The molecule has 0 aliphatic carbocycles. The van der Waals surface area contributed by atoms with Crippen molar-refractivity contribution in [1.82, 2.24) is 0 Å². The largest absolute Gasteiger partial charge is 0.298 e. The third-order valence-electron chi connectivity index (χ3n) is 2.79. The number of aryl methyl sites for hydroxylation is 1. The average Bonchev–Trinajstić information content (AvgIpc) is 2.40. The molecule has 1 nitrogen and oxygen atoms in total. The summed E-state index contributed by atoms with van der Waals surface area (Å²) < 4.78 is 13.6. The number of Topliss-reactive ketones (excluding diaryl/α,β-unsaturated/α-hetero) is 1. The highest BCUT2D eigenvalue weighted by molar-refractivity contribution is 8.00. The van der Waals surface area contributed by atoms with Crippen molar-refractivity contribution in [3.05, 3.63) is 64.4 Å². The molecule has 0 unspecified atom stereocenters. The van der Waals surface area contributed by atoms with Crippen molar-refractivity contribution in [1.29, 1.82) is 0 Å². The van der Waals surface area contributed by atoms with Gasteiger partial charge in [0.25, 0.3) is 0 Å². The molecule has 0 aliphatic rings. The van der Waals surface area contributed by atoms with Crippen molar-refractivity contribution < 1.29 is 9.18 Å². The SMILES string of the molecule is Cc1cccc(SCC(=O)Cc2ccc(Cl)cc2F)c1. The lowest BCUT2D eigenvalue weighted by Crippen LogP contribution is -2.07. The number of carbonyl (C=O) groups is 1. The summed E-state index contributed by atoms with van der Waals surface area (Å²) in [5.41, 5.74) is 1.55. The van der Waals surface area contributed by atoms with Gasteiger partial charge in [0.15, 0.2) is 0 Å². The van der Waals surface area contributed by atoms with E-state index < -0.39 is 5.82 Å². The summed E-state index contributed by atoms with van der Waals surface area (Å²) in [7, 11) is 0. The molecule has 2 rings (SSSR count). The Morgan fingerprint density at radius 2 is 2.05 bits per heavy atom. The molecule has 20 heavy (non-hydrogen) atoms. The molecule has 0 aliphatic heterocycles. The van der Waals surface area contributed by atoms with Crippen LogP contribution in [0.5, 0.6) is 0 Å². The second-order valence-electron chi connectivity index (χ2n) is 4.56. The third kappa shape index (κ3) is 4.36. The van der Waals surface area contributed by atoms with Crippen LogP contribution in [-0.2, 0) is 11.2 Å². The van der Waals surface area contributed by atoms with E-state index in [0.717, 1.165) is 10.5 Å². The molecule has 0 bridgehead atoms. The predicted octanol–water partition coefficient (Wildman–Crippen LogP) is 4.69. The standard InChI is InChI=1S/C16H14ClFOS/c1-11-3-2-4-15(7-11)20-10-14(19)8-12-5-6-13(17)9-16(12)18/h2-7,9H,8,10H2,1H3. The van der Waals surface area contributed by atoms with Crippen LogP contribution in [0.25, 0.3) is 0 Å². The Hall–Kier alpha value is -1.32. The van der Waals surface area contributed by atoms with E-state index in [2.05, 4.69) is 0 Å². The first-order chi connectivity index (χ1) is 9.54. The summed E-state index contributed by atoms with van der Waals surface area (Å²) in [5, 5.41) is 0.341. The molecule has 0 N–H and O–H groups in total. The Labute approximate surface area is 127 Å². The van der Waals surface area contributed by atoms with Crippen molar-refractivity contribution in [3.8, 4) is 0 Å². The van der Waals surface area contributed by atoms with Crippen LogP contribution < -0.4 is 0 Å². The van der Waals surface area contributed by atoms with Crippen molar-refractivity contribution in [2.24, 2.45) is 0 Å². The van der Waals surface area contributed by atoms with E-state index in [1.807, 2.05) is 31.2 Å². The fourth-order valence-corrected chi connectivity index (χ4v) is 2.83. The summed E-state index contributed by atoms with van der Waals surface area (Å²) in [6, 6.07) is 12.4. The van der Waals surface area contributed by atoms with Crippen molar-refractivity contribution in [2.75, 3.05) is 5.75 Å². The topological polar surface area (TPSA) is 17.1 Å². The van der Waals surface area contributed by atoms with E-state index in [9.17, 15) is 9.18 Å². The van der Waals surface area contributed by atoms with Gasteiger partial charge >= 0.3 is 0 Å². The van der Waals surface area contributed by atoms with Gasteiger partial charge in [0, 0.05) is 16.3 Å². The van der Waals surface area contributed by atoms with Crippen LogP contribution in [0.3, 0.4) is 0 Å². The lowest BCUT2D eigenvalue weighted by molar-refractivity contribution is -0.116. The quantitative estimate of drug-likeness (QED) is 0.745. The first kappa shape index (κ1) is 15.1. The Morgan fingerprint density at radius 3 is 2.75 bits per heavy atom. The minimum atomic E-state index is -0.425. The third-order valence-corrected chi connectivity index (χ3v) is 4.08. The van der Waals surface area contributed by atoms with Crippen LogP contribution >= 0.6 is 23.4 Å². The maximum atomic E-state index is 13.6. The van der Waals surface area contributed by atoms with Crippen LogP contribution in [0.1, 0.15) is 11.1 Å². The molecule has 4 heteroatoms. The van der Waals surface area contributed by atoms with Gasteiger partial charge in [0.05, 0.1) is 5.75 Å². The molecular formula is C16H14ClFOS. The molecule has 104 valence electrons. The molecule has 0 radical (unpaired) electrons. The maximum Gasteiger partial charge on any atom is 0.147 e. The summed E-state index contributed by atoms with van der Waals surface area (Å²) in [6.45, 7) is 2.01. The van der Waals surface area contributed by atoms with Crippen molar-refractivity contribution >= 4 is 29.1 Å². The number of hydrogen-bond acceptors (Lipinski definition) is 2. The Kier molecular flexibility index (Phi) is 5.21. The summed E-state index contributed by atoms with van der Waals surface area (Å²) in [5.74, 6) is -0.0879. The molecule has 0 fully saturated rings. The number of halogens is 2. The highest BCUT2D eigenvalue weighted by atomic mass is 35.5. The zero-order valence-electron chi connectivity index (χ0n) is 11.0. The maximum absolute atomic E-state index is 13.6. The monoisotopic (exact) mass is 308 g/mol. The molecule has 0 aromatic heterocycles. The van der Waals surface area contributed by atoms with Crippen LogP contribution in [0, 0.1) is 12.7 Å². The molecule has 0 atom stereocenters. The van der Waals surface area contributed by atoms with E-state index in [1.165, 1.54) is 17.8 Å². The predicted molar refractivity (Wildman–Crippen MR) is 82.0 cm³/mol. The Bertz CT molecular complexity index is 628. The first-order valence-electron chi connectivity index (χ1n) is 6.19. The van der Waals surface area contributed by atoms with Crippen LogP contribution in [-0.4, -0.2) is 11.5 Å². The average molecular weight is 309 g/mol. The van der Waals surface area contributed by atoms with Gasteiger partial charge in [-0.25, -0.2) is 4.39 Å². The second kappa shape index (κ2) is 6.91. The lowest BCUT2D eigenvalue weighted by Gasteiger charge is -2.04. The molecule has 0 saturated carbocycles. The van der Waals surface area contributed by atoms with E-state index >= 15 is 0 Å². The highest BCUT2D eigenvalue weighted by Gasteiger charge is 2.09. The smallest absolute Gasteiger partial charge is 0.147 e. The lowest BCUT2D eigenvalue weighted by atomic mass is 10.1.